The number of benzene rings is 1. The molecule has 0 aliphatic rings. The summed E-state index contributed by atoms with van der Waals surface area (Å²) >= 11 is 0. The van der Waals surface area contributed by atoms with Gasteiger partial charge in [0, 0.05) is 24.8 Å². The number of aromatic nitrogens is 2. The lowest BCUT2D eigenvalue weighted by molar-refractivity contribution is -0.153. The molecular weight excluding hydrogens is 389 g/mol. The Morgan fingerprint density at radius 2 is 1.97 bits per heavy atom. The molecule has 2 aromatic rings. The number of nitrogens with one attached hydrogen (secondary N) is 2. The molecule has 1 aromatic carbocycles. The number of rotatable bonds is 8. The van der Waals surface area contributed by atoms with Crippen LogP contribution < -0.4 is 15.4 Å². The summed E-state index contributed by atoms with van der Waals surface area (Å²) in [6.45, 7) is 5.20. The minimum absolute atomic E-state index is 0.0605. The summed E-state index contributed by atoms with van der Waals surface area (Å²) in [7, 11) is 0. The minimum atomic E-state index is -4.48. The lowest BCUT2D eigenvalue weighted by atomic mass is 10.2. The maximum atomic E-state index is 12.5. The van der Waals surface area contributed by atoms with Gasteiger partial charge < -0.3 is 15.4 Å². The van der Waals surface area contributed by atoms with Gasteiger partial charge in [-0.2, -0.15) is 18.3 Å². The summed E-state index contributed by atoms with van der Waals surface area (Å²) in [5.41, 5.74) is 0.354. The molecule has 0 saturated carbocycles. The van der Waals surface area contributed by atoms with E-state index >= 15 is 0 Å². The largest absolute Gasteiger partial charge is 0.484 e. The smallest absolute Gasteiger partial charge is 0.422 e. The first-order valence-corrected chi connectivity index (χ1v) is 9.05. The number of ether oxygens (including phenoxy) is 1. The fourth-order valence-electron chi connectivity index (χ4n) is 2.31. The third kappa shape index (κ3) is 6.81. The van der Waals surface area contributed by atoms with Gasteiger partial charge in [0.05, 0.1) is 5.69 Å². The summed E-state index contributed by atoms with van der Waals surface area (Å²) in [6, 6.07) is 5.36. The van der Waals surface area contributed by atoms with Crippen molar-refractivity contribution in [3.8, 4) is 5.75 Å². The quantitative estimate of drug-likeness (QED) is 0.695. The molecule has 10 heteroatoms. The van der Waals surface area contributed by atoms with Gasteiger partial charge in [-0.15, -0.1) is 0 Å². The Bertz CT molecular complexity index is 863. The Hall–Kier alpha value is -3.04. The van der Waals surface area contributed by atoms with Crippen LogP contribution in [0.2, 0.25) is 0 Å². The number of hydrogen-bond acceptors (Lipinski definition) is 4. The number of aryl methyl sites for hydroxylation is 1. The minimum Gasteiger partial charge on any atom is -0.484 e. The Morgan fingerprint density at radius 1 is 1.24 bits per heavy atom. The second-order valence-electron chi connectivity index (χ2n) is 6.74. The Labute approximate surface area is 166 Å². The monoisotopic (exact) mass is 412 g/mol. The van der Waals surface area contributed by atoms with Crippen LogP contribution in [0.3, 0.4) is 0 Å². The van der Waals surface area contributed by atoms with Crippen molar-refractivity contribution in [3.63, 3.8) is 0 Å². The first kappa shape index (κ1) is 22.3. The standard InChI is InChI=1S/C19H23F3N4O3/c1-4-26-10-15(16(25-26)18(28)23-9-12(2)3)24-17(27)13-6-5-7-14(8-13)29-11-19(20,21)22/h5-8,10,12H,4,9,11H2,1-3H3,(H,23,28)(H,24,27). The molecule has 0 fully saturated rings. The van der Waals surface area contributed by atoms with E-state index in [9.17, 15) is 22.8 Å². The summed E-state index contributed by atoms with van der Waals surface area (Å²) in [5, 5.41) is 9.49. The van der Waals surface area contributed by atoms with E-state index in [1.807, 2.05) is 20.8 Å². The van der Waals surface area contributed by atoms with Crippen LogP contribution in [0.5, 0.6) is 5.75 Å². The van der Waals surface area contributed by atoms with Gasteiger partial charge in [-0.05, 0) is 31.0 Å². The fraction of sp³-hybridized carbons (Fsp3) is 0.421. The zero-order valence-electron chi connectivity index (χ0n) is 16.3. The first-order chi connectivity index (χ1) is 13.6. The summed E-state index contributed by atoms with van der Waals surface area (Å²) in [4.78, 5) is 24.9. The number of amides is 2. The van der Waals surface area contributed by atoms with Crippen LogP contribution >= 0.6 is 0 Å². The first-order valence-electron chi connectivity index (χ1n) is 9.05. The maximum absolute atomic E-state index is 12.5. The van der Waals surface area contributed by atoms with Crippen molar-refractivity contribution in [1.29, 1.82) is 0 Å². The maximum Gasteiger partial charge on any atom is 0.422 e. The third-order valence-electron chi connectivity index (χ3n) is 3.72. The van der Waals surface area contributed by atoms with Gasteiger partial charge in [0.15, 0.2) is 12.3 Å². The van der Waals surface area contributed by atoms with E-state index < -0.39 is 24.6 Å². The second-order valence-corrected chi connectivity index (χ2v) is 6.74. The second kappa shape index (κ2) is 9.44. The van der Waals surface area contributed by atoms with Crippen molar-refractivity contribution in [2.75, 3.05) is 18.5 Å². The Balaban J connectivity index is 2.16. The van der Waals surface area contributed by atoms with Gasteiger partial charge in [0.25, 0.3) is 11.8 Å². The molecule has 7 nitrogen and oxygen atoms in total. The Kier molecular flexibility index (Phi) is 7.24. The van der Waals surface area contributed by atoms with E-state index in [0.717, 1.165) is 0 Å². The molecule has 158 valence electrons. The number of carbonyl (C=O) groups excluding carboxylic acids is 2. The van der Waals surface area contributed by atoms with Crippen LogP contribution in [0.4, 0.5) is 18.9 Å². The van der Waals surface area contributed by atoms with E-state index in [1.54, 1.807) is 0 Å². The van der Waals surface area contributed by atoms with E-state index in [4.69, 9.17) is 0 Å². The molecule has 0 aliphatic heterocycles. The lowest BCUT2D eigenvalue weighted by Crippen LogP contribution is -2.28. The molecule has 1 heterocycles. The van der Waals surface area contributed by atoms with Gasteiger partial charge >= 0.3 is 6.18 Å². The highest BCUT2D eigenvalue weighted by Gasteiger charge is 2.28. The molecule has 0 bridgehead atoms. The van der Waals surface area contributed by atoms with Crippen molar-refractivity contribution >= 4 is 17.5 Å². The number of anilines is 1. The SMILES string of the molecule is CCn1cc(NC(=O)c2cccc(OCC(F)(F)F)c2)c(C(=O)NCC(C)C)n1. The summed E-state index contributed by atoms with van der Waals surface area (Å²) < 4.78 is 43.1. The third-order valence-corrected chi connectivity index (χ3v) is 3.72. The predicted octanol–water partition coefficient (Wildman–Crippen LogP) is 3.48. The molecule has 29 heavy (non-hydrogen) atoms. The van der Waals surface area contributed by atoms with Gasteiger partial charge in [-0.25, -0.2) is 0 Å². The average molecular weight is 412 g/mol. The van der Waals surface area contributed by atoms with E-state index in [1.165, 1.54) is 35.1 Å². The number of hydrogen-bond donors (Lipinski definition) is 2. The number of halogens is 3. The molecular formula is C19H23F3N4O3. The highest BCUT2D eigenvalue weighted by molar-refractivity contribution is 6.08. The lowest BCUT2D eigenvalue weighted by Gasteiger charge is -2.11. The van der Waals surface area contributed by atoms with Crippen LogP contribution in [0.25, 0.3) is 0 Å². The molecule has 2 rings (SSSR count). The van der Waals surface area contributed by atoms with Crippen molar-refractivity contribution in [1.82, 2.24) is 15.1 Å². The van der Waals surface area contributed by atoms with E-state index in [-0.39, 0.29) is 28.6 Å². The highest BCUT2D eigenvalue weighted by Crippen LogP contribution is 2.21. The van der Waals surface area contributed by atoms with Crippen LogP contribution in [0.1, 0.15) is 41.6 Å². The van der Waals surface area contributed by atoms with E-state index in [0.29, 0.717) is 13.1 Å². The summed E-state index contributed by atoms with van der Waals surface area (Å²) in [6.07, 6.45) is -2.96. The van der Waals surface area contributed by atoms with Crippen LogP contribution in [-0.2, 0) is 6.54 Å². The molecule has 0 saturated heterocycles. The average Bonchev–Trinajstić information content (AvgIpc) is 3.07. The van der Waals surface area contributed by atoms with Gasteiger partial charge in [0.1, 0.15) is 5.75 Å². The van der Waals surface area contributed by atoms with Crippen LogP contribution in [0.15, 0.2) is 30.5 Å². The van der Waals surface area contributed by atoms with Crippen molar-refractivity contribution in [2.24, 2.45) is 5.92 Å². The normalized spacial score (nSPS) is 11.4. The molecule has 0 unspecified atom stereocenters. The summed E-state index contributed by atoms with van der Waals surface area (Å²) in [5.74, 6) is -0.877. The van der Waals surface area contributed by atoms with Crippen LogP contribution in [0, 0.1) is 5.92 Å². The zero-order valence-corrected chi connectivity index (χ0v) is 16.3. The fourth-order valence-corrected chi connectivity index (χ4v) is 2.31. The van der Waals surface area contributed by atoms with Crippen molar-refractivity contribution in [2.45, 2.75) is 33.5 Å². The Morgan fingerprint density at radius 3 is 2.59 bits per heavy atom. The molecule has 2 N–H and O–H groups in total. The van der Waals surface area contributed by atoms with Gasteiger partial charge in [-0.3, -0.25) is 14.3 Å². The van der Waals surface area contributed by atoms with Crippen molar-refractivity contribution in [3.05, 3.63) is 41.7 Å². The molecule has 0 atom stereocenters. The predicted molar refractivity (Wildman–Crippen MR) is 101 cm³/mol. The number of carbonyl (C=O) groups is 2. The molecule has 0 spiro atoms. The molecule has 0 radical (unpaired) electrons. The zero-order chi connectivity index (χ0) is 21.6. The number of alkyl halides is 3. The van der Waals surface area contributed by atoms with Gasteiger partial charge in [-0.1, -0.05) is 19.9 Å². The topological polar surface area (TPSA) is 85.2 Å². The molecule has 2 amide bonds. The molecule has 1 aromatic heterocycles. The molecule has 0 aliphatic carbocycles. The van der Waals surface area contributed by atoms with Crippen LogP contribution in [-0.4, -0.2) is 40.9 Å². The van der Waals surface area contributed by atoms with E-state index in [2.05, 4.69) is 20.5 Å². The van der Waals surface area contributed by atoms with Gasteiger partial charge in [0.2, 0.25) is 0 Å². The van der Waals surface area contributed by atoms with Crippen molar-refractivity contribution < 1.29 is 27.5 Å². The number of nitrogens with zero attached hydrogens (tertiary/aromatic N) is 2. The highest BCUT2D eigenvalue weighted by atomic mass is 19.4.